The summed E-state index contributed by atoms with van der Waals surface area (Å²) in [5, 5.41) is 2.49. The summed E-state index contributed by atoms with van der Waals surface area (Å²) >= 11 is 0. The second-order valence-corrected chi connectivity index (χ2v) is 27.8. The van der Waals surface area contributed by atoms with Crippen LogP contribution in [0.3, 0.4) is 0 Å². The van der Waals surface area contributed by atoms with E-state index < -0.39 is 0 Å². The molecule has 3 aliphatic rings. The number of para-hydroxylation sites is 2. The van der Waals surface area contributed by atoms with Crippen molar-refractivity contribution in [1.82, 2.24) is 4.57 Å². The topological polar surface area (TPSA) is 14.7 Å². The molecule has 0 saturated heterocycles. The standard InChI is InChI=1S/C76H79BN4/c1-73(2,3)52-27-34-57(35-28-52)78(60-40-42-63-62-25-19-20-26-66(62)79(68(63)48-60)56-23-17-14-18-24-56)61-41-43-64-69(49-61)81(59-38-31-54(32-39-59)75(7,8)9)71-46-51(50-21-15-13-16-22-50)45-70-72(71)77(64)65-47-55(76(10,11)12)33-44-67(65)80(70)58-36-29-53(30-37-58)74(4,5)6/h14,17-20,23-50H,13,15-16,21-22H2,1-12H3. The van der Waals surface area contributed by atoms with Crippen LogP contribution in [-0.2, 0) is 21.7 Å². The third kappa shape index (κ3) is 9.26. The lowest BCUT2D eigenvalue weighted by molar-refractivity contribution is 0.444. The van der Waals surface area contributed by atoms with Gasteiger partial charge in [0.1, 0.15) is 0 Å². The van der Waals surface area contributed by atoms with E-state index in [4.69, 9.17) is 0 Å². The summed E-state index contributed by atoms with van der Waals surface area (Å²) in [5.41, 5.74) is 25.1. The van der Waals surface area contributed by atoms with Crippen LogP contribution in [0.2, 0.25) is 0 Å². The monoisotopic (exact) mass is 1060 g/mol. The molecule has 10 aromatic rings. The number of nitrogens with zero attached hydrogens (tertiary/aromatic N) is 4. The quantitative estimate of drug-likeness (QED) is 0.148. The van der Waals surface area contributed by atoms with Crippen molar-refractivity contribution in [1.29, 1.82) is 0 Å². The first-order valence-corrected chi connectivity index (χ1v) is 30.0. The average molecular weight is 1060 g/mol. The molecule has 1 saturated carbocycles. The van der Waals surface area contributed by atoms with Crippen LogP contribution < -0.4 is 31.1 Å². The third-order valence-electron chi connectivity index (χ3n) is 18.2. The summed E-state index contributed by atoms with van der Waals surface area (Å²) in [7, 11) is 0. The molecule has 4 nitrogen and oxygen atoms in total. The van der Waals surface area contributed by atoms with E-state index >= 15 is 0 Å². The average Bonchev–Trinajstić information content (AvgIpc) is 3.87. The molecule has 0 spiro atoms. The maximum atomic E-state index is 2.66. The molecule has 0 bridgehead atoms. The van der Waals surface area contributed by atoms with Gasteiger partial charge in [0.2, 0.25) is 0 Å². The Kier molecular flexibility index (Phi) is 12.6. The maximum Gasteiger partial charge on any atom is 0.252 e. The first-order chi connectivity index (χ1) is 38.7. The second-order valence-electron chi connectivity index (χ2n) is 27.8. The van der Waals surface area contributed by atoms with Gasteiger partial charge in [-0.15, -0.1) is 0 Å². The number of aromatic nitrogens is 1. The molecule has 5 heteroatoms. The van der Waals surface area contributed by atoms with Gasteiger partial charge < -0.3 is 19.3 Å². The third-order valence-corrected chi connectivity index (χ3v) is 18.2. The Morgan fingerprint density at radius 1 is 0.370 bits per heavy atom. The molecule has 1 aromatic heterocycles. The number of benzene rings is 9. The predicted molar refractivity (Wildman–Crippen MR) is 350 cm³/mol. The van der Waals surface area contributed by atoms with E-state index in [1.807, 2.05) is 0 Å². The van der Waals surface area contributed by atoms with E-state index in [2.05, 4.69) is 296 Å². The van der Waals surface area contributed by atoms with Crippen molar-refractivity contribution in [2.45, 2.75) is 143 Å². The van der Waals surface area contributed by atoms with E-state index in [1.165, 1.54) is 132 Å². The molecule has 406 valence electrons. The van der Waals surface area contributed by atoms with Crippen molar-refractivity contribution in [2.75, 3.05) is 14.7 Å². The van der Waals surface area contributed by atoms with Gasteiger partial charge in [0.05, 0.1) is 11.0 Å². The molecule has 1 fully saturated rings. The van der Waals surface area contributed by atoms with Crippen LogP contribution in [0, 0.1) is 0 Å². The predicted octanol–water partition coefficient (Wildman–Crippen LogP) is 19.6. The van der Waals surface area contributed by atoms with Crippen LogP contribution in [-0.4, -0.2) is 11.3 Å². The first kappa shape index (κ1) is 52.6. The van der Waals surface area contributed by atoms with Crippen LogP contribution in [0.5, 0.6) is 0 Å². The molecule has 0 radical (unpaired) electrons. The lowest BCUT2D eigenvalue weighted by Gasteiger charge is -2.45. The summed E-state index contributed by atoms with van der Waals surface area (Å²) < 4.78 is 2.44. The highest BCUT2D eigenvalue weighted by Gasteiger charge is 2.45. The van der Waals surface area contributed by atoms with Gasteiger partial charge in [-0.2, -0.15) is 0 Å². The minimum absolute atomic E-state index is 0.00450. The van der Waals surface area contributed by atoms with Crippen molar-refractivity contribution in [3.05, 3.63) is 222 Å². The van der Waals surface area contributed by atoms with Crippen LogP contribution in [0.25, 0.3) is 27.5 Å². The molecular weight excluding hydrogens is 980 g/mol. The first-order valence-electron chi connectivity index (χ1n) is 30.0. The van der Waals surface area contributed by atoms with E-state index in [-0.39, 0.29) is 28.4 Å². The molecule has 13 rings (SSSR count). The highest BCUT2D eigenvalue weighted by Crippen LogP contribution is 2.50. The summed E-state index contributed by atoms with van der Waals surface area (Å²) in [6, 6.07) is 75.3. The van der Waals surface area contributed by atoms with Crippen LogP contribution in [0.4, 0.5) is 51.2 Å². The highest BCUT2D eigenvalue weighted by molar-refractivity contribution is 7.00. The molecule has 81 heavy (non-hydrogen) atoms. The van der Waals surface area contributed by atoms with Crippen molar-refractivity contribution >= 4 is 96.1 Å². The SMILES string of the molecule is CC(C)(C)c1ccc(N(c2ccc3c(c2)N(c2ccc(C(C)(C)C)cc2)c2cc(C4CCCCC4)cc4c2B3c2cc(C(C)(C)C)ccc2N4c2ccc(C(C)(C)C)cc2)c2ccc3c4ccccc4n(-c4ccccc4)c3c2)cc1. The van der Waals surface area contributed by atoms with Gasteiger partial charge in [-0.1, -0.05) is 199 Å². The molecular formula is C76H79BN4. The maximum absolute atomic E-state index is 2.66. The lowest BCUT2D eigenvalue weighted by atomic mass is 9.33. The normalized spacial score (nSPS) is 14.8. The lowest BCUT2D eigenvalue weighted by Crippen LogP contribution is -2.61. The van der Waals surface area contributed by atoms with Crippen LogP contribution >= 0.6 is 0 Å². The Hall–Kier alpha value is -7.76. The molecule has 2 aliphatic heterocycles. The Bertz CT molecular complexity index is 4000. The Balaban J connectivity index is 1.10. The second kappa shape index (κ2) is 19.5. The van der Waals surface area contributed by atoms with Crippen molar-refractivity contribution in [3.63, 3.8) is 0 Å². The van der Waals surface area contributed by atoms with E-state index in [9.17, 15) is 0 Å². The number of hydrogen-bond donors (Lipinski definition) is 0. The minimum Gasteiger partial charge on any atom is -0.311 e. The molecule has 0 unspecified atom stereocenters. The highest BCUT2D eigenvalue weighted by atomic mass is 15.2. The summed E-state index contributed by atoms with van der Waals surface area (Å²) in [6.07, 6.45) is 6.27. The van der Waals surface area contributed by atoms with Gasteiger partial charge in [-0.05, 0) is 182 Å². The zero-order valence-corrected chi connectivity index (χ0v) is 50.0. The summed E-state index contributed by atoms with van der Waals surface area (Å²) in [4.78, 5) is 7.79. The minimum atomic E-state index is -0.0548. The van der Waals surface area contributed by atoms with Gasteiger partial charge in [0, 0.05) is 67.6 Å². The van der Waals surface area contributed by atoms with Crippen molar-refractivity contribution in [2.24, 2.45) is 0 Å². The zero-order valence-electron chi connectivity index (χ0n) is 50.0. The van der Waals surface area contributed by atoms with E-state index in [0.717, 1.165) is 22.7 Å². The van der Waals surface area contributed by atoms with Crippen LogP contribution in [0.15, 0.2) is 194 Å². The summed E-state index contributed by atoms with van der Waals surface area (Å²) in [6.45, 7) is 27.9. The molecule has 1 aliphatic carbocycles. The largest absolute Gasteiger partial charge is 0.311 e. The van der Waals surface area contributed by atoms with Gasteiger partial charge in [-0.3, -0.25) is 0 Å². The van der Waals surface area contributed by atoms with Gasteiger partial charge in [0.25, 0.3) is 6.71 Å². The number of anilines is 9. The fourth-order valence-corrected chi connectivity index (χ4v) is 13.6. The molecule has 0 atom stereocenters. The number of hydrogen-bond acceptors (Lipinski definition) is 3. The molecule has 3 heterocycles. The van der Waals surface area contributed by atoms with Crippen LogP contribution in [0.1, 0.15) is 149 Å². The Morgan fingerprint density at radius 2 is 0.864 bits per heavy atom. The molecule has 9 aromatic carbocycles. The number of rotatable bonds is 7. The van der Waals surface area contributed by atoms with E-state index in [0.29, 0.717) is 5.92 Å². The Morgan fingerprint density at radius 3 is 1.46 bits per heavy atom. The summed E-state index contributed by atoms with van der Waals surface area (Å²) in [5.74, 6) is 0.485. The van der Waals surface area contributed by atoms with E-state index in [1.54, 1.807) is 0 Å². The molecule has 0 N–H and O–H groups in total. The van der Waals surface area contributed by atoms with Crippen molar-refractivity contribution < 1.29 is 0 Å². The van der Waals surface area contributed by atoms with Gasteiger partial charge in [0.15, 0.2) is 0 Å². The molecule has 0 amide bonds. The Labute approximate surface area is 483 Å². The zero-order chi connectivity index (χ0) is 56.3. The fourth-order valence-electron chi connectivity index (χ4n) is 13.6. The van der Waals surface area contributed by atoms with Crippen molar-refractivity contribution in [3.8, 4) is 5.69 Å². The van der Waals surface area contributed by atoms with Gasteiger partial charge in [-0.25, -0.2) is 0 Å². The number of fused-ring (bicyclic) bond motifs is 7. The van der Waals surface area contributed by atoms with Gasteiger partial charge >= 0.3 is 0 Å². The smallest absolute Gasteiger partial charge is 0.252 e. The fraction of sp³-hybridized carbons (Fsp3) is 0.289.